The summed E-state index contributed by atoms with van der Waals surface area (Å²) < 4.78 is 41.2. The van der Waals surface area contributed by atoms with Gasteiger partial charge in [-0.25, -0.2) is 12.8 Å². The van der Waals surface area contributed by atoms with Crippen LogP contribution in [-0.4, -0.2) is 50.0 Å². The molecule has 0 fully saturated rings. The summed E-state index contributed by atoms with van der Waals surface area (Å²) in [6.07, 6.45) is 1.58. The summed E-state index contributed by atoms with van der Waals surface area (Å²) in [6, 6.07) is 21.7. The maximum atomic E-state index is 14.7. The van der Waals surface area contributed by atoms with E-state index in [-0.39, 0.29) is 50.2 Å². The van der Waals surface area contributed by atoms with Crippen LogP contribution in [0.4, 0.5) is 10.1 Å². The number of halogens is 1. The number of benzene rings is 3. The molecule has 40 heavy (non-hydrogen) atoms. The minimum Gasteiger partial charge on any atom is -0.352 e. The third kappa shape index (κ3) is 8.64. The van der Waals surface area contributed by atoms with E-state index in [2.05, 4.69) is 5.32 Å². The first-order valence-electron chi connectivity index (χ1n) is 13.4. The quantitative estimate of drug-likeness (QED) is 0.320. The summed E-state index contributed by atoms with van der Waals surface area (Å²) in [6.45, 7) is 5.50. The molecule has 0 bridgehead atoms. The lowest BCUT2D eigenvalue weighted by atomic mass is 10.0. The lowest BCUT2D eigenvalue weighted by Crippen LogP contribution is -2.52. The summed E-state index contributed by atoms with van der Waals surface area (Å²) in [7, 11) is -3.60. The van der Waals surface area contributed by atoms with Gasteiger partial charge in [-0.1, -0.05) is 66.7 Å². The van der Waals surface area contributed by atoms with Crippen molar-refractivity contribution in [1.82, 2.24) is 10.2 Å². The predicted octanol–water partition coefficient (Wildman–Crippen LogP) is 4.85. The van der Waals surface area contributed by atoms with Gasteiger partial charge in [-0.2, -0.15) is 0 Å². The lowest BCUT2D eigenvalue weighted by molar-refractivity contribution is -0.141. The van der Waals surface area contributed by atoms with E-state index in [0.717, 1.165) is 17.4 Å². The second-order valence-corrected chi connectivity index (χ2v) is 12.1. The van der Waals surface area contributed by atoms with E-state index in [1.807, 2.05) is 63.2 Å². The van der Waals surface area contributed by atoms with Crippen LogP contribution in [-0.2, 0) is 32.6 Å². The second-order valence-electron chi connectivity index (χ2n) is 10.2. The number of para-hydroxylation sites is 1. The van der Waals surface area contributed by atoms with E-state index in [4.69, 9.17) is 0 Å². The number of hydrogen-bond donors (Lipinski definition) is 1. The number of aryl methyl sites for hydroxylation is 1. The van der Waals surface area contributed by atoms with Crippen LogP contribution in [0.15, 0.2) is 78.9 Å². The topological polar surface area (TPSA) is 86.8 Å². The molecule has 0 heterocycles. The highest BCUT2D eigenvalue weighted by Crippen LogP contribution is 2.23. The third-order valence-corrected chi connectivity index (χ3v) is 7.72. The molecule has 0 aliphatic rings. The van der Waals surface area contributed by atoms with Crippen LogP contribution in [0.5, 0.6) is 0 Å². The largest absolute Gasteiger partial charge is 0.352 e. The minimum atomic E-state index is -3.60. The molecule has 0 aliphatic heterocycles. The van der Waals surface area contributed by atoms with Crippen molar-refractivity contribution in [3.05, 3.63) is 101 Å². The van der Waals surface area contributed by atoms with Crippen molar-refractivity contribution >= 4 is 27.5 Å². The molecule has 3 aromatic rings. The molecule has 0 saturated heterocycles. The maximum Gasteiger partial charge on any atom is 0.243 e. The van der Waals surface area contributed by atoms with Crippen molar-refractivity contribution in [2.45, 2.75) is 58.7 Å². The number of sulfonamides is 1. The molecule has 7 nitrogen and oxygen atoms in total. The maximum absolute atomic E-state index is 14.7. The summed E-state index contributed by atoms with van der Waals surface area (Å²) in [5.41, 5.74) is 2.51. The first-order chi connectivity index (χ1) is 19.0. The highest BCUT2D eigenvalue weighted by Gasteiger charge is 2.31. The van der Waals surface area contributed by atoms with Crippen LogP contribution in [0.3, 0.4) is 0 Å². The zero-order chi connectivity index (χ0) is 29.3. The number of carbonyl (C=O) groups is 2. The average Bonchev–Trinajstić information content (AvgIpc) is 2.89. The Balaban J connectivity index is 1.90. The summed E-state index contributed by atoms with van der Waals surface area (Å²) in [5, 5.41) is 2.91. The summed E-state index contributed by atoms with van der Waals surface area (Å²) >= 11 is 0. The van der Waals surface area contributed by atoms with Gasteiger partial charge in [-0.05, 0) is 50.5 Å². The molecule has 0 aromatic heterocycles. The zero-order valence-corrected chi connectivity index (χ0v) is 24.3. The fourth-order valence-electron chi connectivity index (χ4n) is 4.57. The molecule has 0 aliphatic carbocycles. The van der Waals surface area contributed by atoms with E-state index in [1.165, 1.54) is 15.3 Å². The van der Waals surface area contributed by atoms with Crippen molar-refractivity contribution < 1.29 is 22.4 Å². The summed E-state index contributed by atoms with van der Waals surface area (Å²) in [5.74, 6) is -1.16. The highest BCUT2D eigenvalue weighted by molar-refractivity contribution is 7.92. The van der Waals surface area contributed by atoms with Crippen LogP contribution >= 0.6 is 0 Å². The smallest absolute Gasteiger partial charge is 0.243 e. The van der Waals surface area contributed by atoms with Crippen molar-refractivity contribution in [2.75, 3.05) is 17.1 Å². The van der Waals surface area contributed by atoms with Crippen LogP contribution in [0.25, 0.3) is 0 Å². The fourth-order valence-corrected chi connectivity index (χ4v) is 5.59. The molecule has 1 N–H and O–H groups in total. The fraction of sp³-hybridized carbons (Fsp3) is 0.355. The normalized spacial score (nSPS) is 12.2. The molecule has 3 rings (SSSR count). The van der Waals surface area contributed by atoms with Gasteiger partial charge in [0.25, 0.3) is 0 Å². The number of amides is 2. The van der Waals surface area contributed by atoms with Gasteiger partial charge in [0, 0.05) is 37.5 Å². The number of carbonyl (C=O) groups excluding carboxylic acids is 2. The Morgan fingerprint density at radius 2 is 1.55 bits per heavy atom. The Morgan fingerprint density at radius 3 is 2.17 bits per heavy atom. The van der Waals surface area contributed by atoms with Crippen molar-refractivity contribution in [3.63, 3.8) is 0 Å². The number of rotatable bonds is 13. The SMILES string of the molecule is Cc1ccccc1N(CCCC(=O)N(Cc1ccccc1F)C(Cc1ccccc1)C(=O)NC(C)C)S(C)(=O)=O. The first-order valence-corrected chi connectivity index (χ1v) is 15.2. The second kappa shape index (κ2) is 14.1. The predicted molar refractivity (Wildman–Crippen MR) is 157 cm³/mol. The Bertz CT molecular complexity index is 1400. The van der Waals surface area contributed by atoms with Crippen LogP contribution in [0.2, 0.25) is 0 Å². The average molecular weight is 568 g/mol. The number of anilines is 1. The van der Waals surface area contributed by atoms with E-state index in [9.17, 15) is 22.4 Å². The summed E-state index contributed by atoms with van der Waals surface area (Å²) in [4.78, 5) is 28.6. The molecule has 0 spiro atoms. The van der Waals surface area contributed by atoms with Crippen molar-refractivity contribution in [1.29, 1.82) is 0 Å². The van der Waals surface area contributed by atoms with Crippen LogP contribution in [0.1, 0.15) is 43.4 Å². The molecule has 0 radical (unpaired) electrons. The Labute approximate surface area is 237 Å². The van der Waals surface area contributed by atoms with Gasteiger partial charge in [0.15, 0.2) is 0 Å². The van der Waals surface area contributed by atoms with Crippen molar-refractivity contribution in [3.8, 4) is 0 Å². The van der Waals surface area contributed by atoms with Crippen LogP contribution < -0.4 is 9.62 Å². The number of nitrogens with one attached hydrogen (secondary N) is 1. The van der Waals surface area contributed by atoms with Crippen LogP contribution in [0, 0.1) is 12.7 Å². The Kier molecular flexibility index (Phi) is 10.8. The lowest BCUT2D eigenvalue weighted by Gasteiger charge is -2.32. The minimum absolute atomic E-state index is 0.0212. The van der Waals surface area contributed by atoms with Gasteiger partial charge in [0.05, 0.1) is 11.9 Å². The van der Waals surface area contributed by atoms with E-state index in [1.54, 1.807) is 30.3 Å². The molecular weight excluding hydrogens is 529 g/mol. The Hall–Kier alpha value is -3.72. The monoisotopic (exact) mass is 567 g/mol. The molecular formula is C31H38FN3O4S. The van der Waals surface area contributed by atoms with Gasteiger partial charge >= 0.3 is 0 Å². The first kappa shape index (κ1) is 30.8. The third-order valence-electron chi connectivity index (χ3n) is 6.54. The zero-order valence-electron chi connectivity index (χ0n) is 23.5. The van der Waals surface area contributed by atoms with E-state index < -0.39 is 21.9 Å². The van der Waals surface area contributed by atoms with Gasteiger partial charge in [-0.3, -0.25) is 13.9 Å². The van der Waals surface area contributed by atoms with Crippen molar-refractivity contribution in [2.24, 2.45) is 0 Å². The van der Waals surface area contributed by atoms with E-state index in [0.29, 0.717) is 11.3 Å². The molecule has 9 heteroatoms. The molecule has 0 saturated carbocycles. The van der Waals surface area contributed by atoms with Gasteiger partial charge in [0.1, 0.15) is 11.9 Å². The molecule has 1 unspecified atom stereocenters. The molecule has 214 valence electrons. The van der Waals surface area contributed by atoms with E-state index >= 15 is 0 Å². The molecule has 2 amide bonds. The molecule has 1 atom stereocenters. The standard InChI is InChI=1S/C31H38FN3O4S/c1-23(2)33-31(37)29(21-25-14-6-5-7-15-25)34(22-26-16-9-10-17-27(26)32)30(36)19-12-20-35(40(4,38)39)28-18-11-8-13-24(28)3/h5-11,13-18,23,29H,12,19-22H2,1-4H3,(H,33,37). The van der Waals surface area contributed by atoms with Gasteiger partial charge < -0.3 is 10.2 Å². The number of hydrogen-bond acceptors (Lipinski definition) is 4. The Morgan fingerprint density at radius 1 is 0.925 bits per heavy atom. The van der Waals surface area contributed by atoms with Gasteiger partial charge in [-0.15, -0.1) is 0 Å². The highest BCUT2D eigenvalue weighted by atomic mass is 32.2. The van der Waals surface area contributed by atoms with Gasteiger partial charge in [0.2, 0.25) is 21.8 Å². The molecule has 3 aromatic carbocycles. The number of nitrogens with zero attached hydrogens (tertiary/aromatic N) is 2.